The molecule has 0 saturated heterocycles. The van der Waals surface area contributed by atoms with Gasteiger partial charge in [-0.05, 0) is 0 Å². The zero-order valence-electron chi connectivity index (χ0n) is 46.1. The molecule has 0 aliphatic heterocycles. The Hall–Kier alpha value is -2.15. The van der Waals surface area contributed by atoms with Crippen molar-refractivity contribution in [3.63, 3.8) is 0 Å². The van der Waals surface area contributed by atoms with E-state index in [4.69, 9.17) is 45.8 Å². The minimum atomic E-state index is -0.140. The molecule has 0 aromatic heterocycles. The molecule has 0 atom stereocenters. The summed E-state index contributed by atoms with van der Waals surface area (Å²) >= 11 is 12.7. The summed E-state index contributed by atoms with van der Waals surface area (Å²) < 4.78 is 0. The van der Waals surface area contributed by atoms with E-state index in [0.717, 1.165) is 66.7 Å². The third kappa shape index (κ3) is 45.7. The zero-order valence-corrected chi connectivity index (χ0v) is 51.1. The number of nitrogens with zero attached hydrogens (tertiary/aromatic N) is 12. The number of amides is 6. The summed E-state index contributed by atoms with van der Waals surface area (Å²) in [5, 5.41) is 0. The number of thioether (sulfide) groups is 5. The van der Waals surface area contributed by atoms with E-state index >= 15 is 0 Å². The first-order valence-electron chi connectivity index (χ1n) is 25.6. The molecule has 18 nitrogen and oxygen atoms in total. The van der Waals surface area contributed by atoms with E-state index < -0.39 is 0 Å². The fourth-order valence-electron chi connectivity index (χ4n) is 6.48. The van der Waals surface area contributed by atoms with Crippen molar-refractivity contribution in [1.82, 2.24) is 29.4 Å². The van der Waals surface area contributed by atoms with Gasteiger partial charge in [-0.1, -0.05) is 0 Å². The number of rotatable bonds is 49. The van der Waals surface area contributed by atoms with Gasteiger partial charge in [0, 0.05) is 0 Å². The molecule has 0 aromatic rings. The Labute approximate surface area is 490 Å². The molecule has 0 unspecified atom stereocenters. The Morgan fingerprint density at radius 2 is 0.750 bits per heavy atom. The first-order valence-corrected chi connectivity index (χ1v) is 32.5. The van der Waals surface area contributed by atoms with Crippen molar-refractivity contribution in [2.45, 2.75) is 58.8 Å². The summed E-state index contributed by atoms with van der Waals surface area (Å²) in [4.78, 5) is 104. The van der Waals surface area contributed by atoms with Gasteiger partial charge in [0.05, 0.1) is 0 Å². The Kier molecular flexibility index (Phi) is 60.6. The van der Waals surface area contributed by atoms with E-state index in [0.29, 0.717) is 128 Å². The molecule has 0 N–H and O–H groups in total. The summed E-state index contributed by atoms with van der Waals surface area (Å²) in [6, 6.07) is 0. The van der Waals surface area contributed by atoms with Gasteiger partial charge in [-0.2, -0.15) is 0 Å². The molecule has 0 aromatic carbocycles. The van der Waals surface area contributed by atoms with Gasteiger partial charge in [0.15, 0.2) is 0 Å². The average molecular weight is 1160 g/mol. The molecule has 0 bridgehead atoms. The number of carbonyl (C=O) groups is 6. The molecule has 418 valence electrons. The van der Waals surface area contributed by atoms with E-state index in [2.05, 4.69) is 48.6 Å². The second-order valence-electron chi connectivity index (χ2n) is 16.3. The van der Waals surface area contributed by atoms with Crippen LogP contribution in [0.2, 0.25) is 0 Å². The van der Waals surface area contributed by atoms with Gasteiger partial charge in [-0.25, -0.2) is 0 Å². The summed E-state index contributed by atoms with van der Waals surface area (Å²) in [6.45, 7) is 16.5. The van der Waals surface area contributed by atoms with Gasteiger partial charge in [0.2, 0.25) is 0 Å². The normalized spacial score (nSPS) is 10.2. The molecule has 0 aliphatic rings. The first kappa shape index (κ1) is 78.1. The molecule has 6 radical (unpaired) electrons. The maximum atomic E-state index is 12.7. The van der Waals surface area contributed by atoms with Crippen LogP contribution in [-0.2, 0) is 28.8 Å². The van der Waals surface area contributed by atoms with Crippen LogP contribution < -0.4 is 0 Å². The molecule has 0 heterocycles. The number of thiol groups is 1. The van der Waals surface area contributed by atoms with E-state index in [1.807, 2.05) is 41.1 Å². The molecule has 0 fully saturated rings. The third-order valence-corrected chi connectivity index (χ3v) is 14.9. The van der Waals surface area contributed by atoms with E-state index in [1.165, 1.54) is 0 Å². The van der Waals surface area contributed by atoms with Crippen molar-refractivity contribution < 1.29 is 28.8 Å². The van der Waals surface area contributed by atoms with E-state index in [1.54, 1.807) is 79.6 Å². The molecular weight excluding hydrogens is 1070 g/mol. The zero-order chi connectivity index (χ0) is 57.5. The second kappa shape index (κ2) is 59.0. The summed E-state index contributed by atoms with van der Waals surface area (Å²) in [5.74, 6) is 7.52. The number of hydrogen-bond acceptors (Lipinski definition) is 18. The molecule has 76 heavy (non-hydrogen) atoms. The average Bonchev–Trinajstić information content (AvgIpc) is 3.40. The fourth-order valence-corrected chi connectivity index (χ4v) is 10.2. The van der Waals surface area contributed by atoms with Gasteiger partial charge in [-0.15, -0.1) is 0 Å². The predicted octanol–water partition coefficient (Wildman–Crippen LogP) is 3.86. The van der Waals surface area contributed by atoms with Crippen LogP contribution in [0, 0.1) is 0 Å². The molecular formula is C46H84B6N12O6S6. The van der Waals surface area contributed by atoms with Crippen molar-refractivity contribution in [1.29, 1.82) is 0 Å². The Bertz CT molecular complexity index is 1650. The van der Waals surface area contributed by atoms with Gasteiger partial charge < -0.3 is 0 Å². The van der Waals surface area contributed by atoms with Crippen LogP contribution in [0.4, 0.5) is 0 Å². The quantitative estimate of drug-likeness (QED) is 0.0403. The third-order valence-electron chi connectivity index (χ3n) is 10.5. The van der Waals surface area contributed by atoms with Crippen LogP contribution in [0.1, 0.15) is 58.8 Å². The molecule has 0 saturated carbocycles. The summed E-state index contributed by atoms with van der Waals surface area (Å²) in [7, 11) is 30.9. The fraction of sp³-hybridized carbons (Fsp3) is 0.826. The van der Waals surface area contributed by atoms with Crippen molar-refractivity contribution in [2.75, 3.05) is 182 Å². The molecule has 6 amide bonds. The van der Waals surface area contributed by atoms with Gasteiger partial charge in [0.1, 0.15) is 0 Å². The standard InChI is InChI=1S/C22H38B3N6O3S3.C16H30B2N4O2S2.C8H16BN2OS/c1-3-7-29(21(33)18-27-24)11-17-37-14-5-20(32)31(9-6-26-23)12-16-36-13-4-8-30(10-15-35-2)22(34)19-28-25;1-3-5-15(23)22(8-6-19-17)10-13-26-11-4-7-21(9-12-25-2)16(24)14-20-18;1-2-3-8(12)11(6-7-13)5-4-10-9/h3H,1,4-19H2,2H3;3-14H2,1-2H3;13H,2-7H2,1H3. The second-order valence-corrected chi connectivity index (χ2v) is 22.4. The Morgan fingerprint density at radius 3 is 1.09 bits per heavy atom. The van der Waals surface area contributed by atoms with Crippen LogP contribution >= 0.6 is 71.4 Å². The van der Waals surface area contributed by atoms with Crippen LogP contribution in [-0.4, -0.2) is 293 Å². The maximum absolute atomic E-state index is 12.7. The van der Waals surface area contributed by atoms with Crippen molar-refractivity contribution >= 4 is 153 Å². The topological polar surface area (TPSA) is 196 Å². The van der Waals surface area contributed by atoms with Crippen LogP contribution in [0.3, 0.4) is 0 Å². The summed E-state index contributed by atoms with van der Waals surface area (Å²) in [6.07, 6.45) is 10.8. The minimum absolute atomic E-state index is 0.0127. The van der Waals surface area contributed by atoms with Gasteiger partial charge in [0.25, 0.3) is 0 Å². The molecule has 0 spiro atoms. The molecule has 30 heteroatoms. The van der Waals surface area contributed by atoms with Crippen LogP contribution in [0.15, 0.2) is 42.0 Å². The number of carbonyl (C=O) groups excluding carboxylic acids is 6. The molecule has 0 rings (SSSR count). The van der Waals surface area contributed by atoms with Crippen molar-refractivity contribution in [3.8, 4) is 0 Å². The monoisotopic (exact) mass is 1160 g/mol. The SMILES string of the molecule is [B]=NCCN(CCS)C(=O)CCC.[B]=NCCN(CCSCCCN(CCSC)C(=O)CN=[B])C(=O)CCC.[B]=NCCN(CCSCCCN(CCSC)C(=O)CN=[B])C(=O)CCSCCN(CC=C)C(=O)CN=[B]. The van der Waals surface area contributed by atoms with E-state index in [-0.39, 0.29) is 55.1 Å². The van der Waals surface area contributed by atoms with Gasteiger partial charge >= 0.3 is 494 Å². The molecule has 0 aliphatic carbocycles. The predicted molar refractivity (Wildman–Crippen MR) is 334 cm³/mol. The van der Waals surface area contributed by atoms with E-state index in [9.17, 15) is 28.8 Å². The van der Waals surface area contributed by atoms with Crippen LogP contribution in [0.25, 0.3) is 0 Å². The van der Waals surface area contributed by atoms with Crippen molar-refractivity contribution in [3.05, 3.63) is 12.7 Å². The Balaban J connectivity index is -0.00000118. The van der Waals surface area contributed by atoms with Gasteiger partial charge in [-0.3, -0.25) is 0 Å². The van der Waals surface area contributed by atoms with Crippen molar-refractivity contribution in [2.24, 2.45) is 29.4 Å². The Morgan fingerprint density at radius 1 is 0.421 bits per heavy atom. The first-order chi connectivity index (χ1) is 36.8. The number of hydrogen-bond donors (Lipinski definition) is 1. The summed E-state index contributed by atoms with van der Waals surface area (Å²) in [5.41, 5.74) is 0. The van der Waals surface area contributed by atoms with Crippen LogP contribution in [0.5, 0.6) is 0 Å².